The van der Waals surface area contributed by atoms with Crippen molar-refractivity contribution in [2.24, 2.45) is 0 Å². The summed E-state index contributed by atoms with van der Waals surface area (Å²) >= 11 is 2.78. The predicted octanol–water partition coefficient (Wildman–Crippen LogP) is 2.55. The van der Waals surface area contributed by atoms with E-state index in [0.29, 0.717) is 21.9 Å². The molecule has 7 nitrogen and oxygen atoms in total. The SMILES string of the molecule is CC1Sc2ccc(C(=O)OCc3cc(=O)n4ccsc4n3)cc2NC1=O. The van der Waals surface area contributed by atoms with E-state index in [-0.39, 0.29) is 23.3 Å². The highest BCUT2D eigenvalue weighted by Gasteiger charge is 2.24. The molecule has 1 amide bonds. The van der Waals surface area contributed by atoms with Gasteiger partial charge in [0, 0.05) is 22.5 Å². The molecule has 0 saturated carbocycles. The third kappa shape index (κ3) is 3.11. The lowest BCUT2D eigenvalue weighted by Crippen LogP contribution is -2.26. The molecule has 1 unspecified atom stereocenters. The van der Waals surface area contributed by atoms with E-state index in [9.17, 15) is 14.4 Å². The average Bonchev–Trinajstić information content (AvgIpc) is 3.09. The van der Waals surface area contributed by atoms with Crippen molar-refractivity contribution in [2.75, 3.05) is 5.32 Å². The summed E-state index contributed by atoms with van der Waals surface area (Å²) in [6.45, 7) is 1.72. The normalized spacial score (nSPS) is 16.2. The first-order chi connectivity index (χ1) is 12.5. The van der Waals surface area contributed by atoms with Crippen LogP contribution in [-0.2, 0) is 16.1 Å². The Labute approximate surface area is 156 Å². The van der Waals surface area contributed by atoms with E-state index in [1.807, 2.05) is 6.92 Å². The topological polar surface area (TPSA) is 89.8 Å². The molecule has 4 rings (SSSR count). The Morgan fingerprint density at radius 2 is 2.19 bits per heavy atom. The number of thioether (sulfide) groups is 1. The molecule has 0 radical (unpaired) electrons. The van der Waals surface area contributed by atoms with Crippen LogP contribution in [0, 0.1) is 0 Å². The first-order valence-electron chi connectivity index (χ1n) is 7.76. The molecule has 1 atom stereocenters. The third-order valence-corrected chi connectivity index (χ3v) is 5.79. The summed E-state index contributed by atoms with van der Waals surface area (Å²) in [5.74, 6) is -0.638. The van der Waals surface area contributed by atoms with Gasteiger partial charge < -0.3 is 10.1 Å². The lowest BCUT2D eigenvalue weighted by atomic mass is 10.2. The molecule has 0 saturated heterocycles. The van der Waals surface area contributed by atoms with E-state index in [1.165, 1.54) is 33.6 Å². The fraction of sp³-hybridized carbons (Fsp3) is 0.176. The number of aromatic nitrogens is 2. The van der Waals surface area contributed by atoms with Crippen molar-refractivity contribution in [3.8, 4) is 0 Å². The maximum Gasteiger partial charge on any atom is 0.338 e. The monoisotopic (exact) mass is 387 g/mol. The Morgan fingerprint density at radius 3 is 3.04 bits per heavy atom. The van der Waals surface area contributed by atoms with Gasteiger partial charge in [-0.1, -0.05) is 0 Å². The third-order valence-electron chi connectivity index (χ3n) is 3.85. The number of hydrogen-bond acceptors (Lipinski definition) is 7. The van der Waals surface area contributed by atoms with Crippen molar-refractivity contribution in [2.45, 2.75) is 23.7 Å². The number of nitrogens with zero attached hydrogens (tertiary/aromatic N) is 2. The number of nitrogens with one attached hydrogen (secondary N) is 1. The molecule has 3 heterocycles. The first kappa shape index (κ1) is 16.8. The Bertz CT molecular complexity index is 1090. The fourth-order valence-corrected chi connectivity index (χ4v) is 4.19. The van der Waals surface area contributed by atoms with Crippen LogP contribution in [0.15, 0.2) is 45.5 Å². The number of ether oxygens (including phenoxy) is 1. The zero-order valence-corrected chi connectivity index (χ0v) is 15.2. The molecule has 0 aliphatic carbocycles. The molecule has 1 aliphatic rings. The quantitative estimate of drug-likeness (QED) is 0.695. The van der Waals surface area contributed by atoms with Gasteiger partial charge in [-0.05, 0) is 25.1 Å². The maximum atomic E-state index is 12.3. The minimum Gasteiger partial charge on any atom is -0.456 e. The zero-order valence-electron chi connectivity index (χ0n) is 13.6. The lowest BCUT2D eigenvalue weighted by Gasteiger charge is -2.21. The molecule has 1 aliphatic heterocycles. The molecule has 0 bridgehead atoms. The van der Waals surface area contributed by atoms with E-state index in [2.05, 4.69) is 10.3 Å². The standard InChI is InChI=1S/C17H13N3O4S2/c1-9-15(22)19-12-6-10(2-3-13(12)26-9)16(23)24-8-11-7-14(21)20-4-5-25-17(20)18-11/h2-7,9H,8H2,1H3,(H,19,22). The highest BCUT2D eigenvalue weighted by Crippen LogP contribution is 2.36. The summed E-state index contributed by atoms with van der Waals surface area (Å²) in [5.41, 5.74) is 1.10. The molecule has 1 aromatic carbocycles. The molecule has 132 valence electrons. The van der Waals surface area contributed by atoms with E-state index >= 15 is 0 Å². The van der Waals surface area contributed by atoms with Crippen LogP contribution in [0.25, 0.3) is 4.96 Å². The first-order valence-corrected chi connectivity index (χ1v) is 9.52. The van der Waals surface area contributed by atoms with Gasteiger partial charge in [0.1, 0.15) is 6.61 Å². The fourth-order valence-electron chi connectivity index (χ4n) is 2.52. The predicted molar refractivity (Wildman–Crippen MR) is 98.8 cm³/mol. The molecule has 3 aromatic rings. The van der Waals surface area contributed by atoms with Crippen molar-refractivity contribution in [3.63, 3.8) is 0 Å². The van der Waals surface area contributed by atoms with Gasteiger partial charge >= 0.3 is 5.97 Å². The summed E-state index contributed by atoms with van der Waals surface area (Å²) in [4.78, 5) is 41.8. The Kier molecular flexibility index (Phi) is 4.25. The Balaban J connectivity index is 1.50. The highest BCUT2D eigenvalue weighted by atomic mass is 32.2. The second-order valence-electron chi connectivity index (χ2n) is 5.68. The van der Waals surface area contributed by atoms with Gasteiger partial charge in [0.15, 0.2) is 4.96 Å². The number of carbonyl (C=O) groups is 2. The summed E-state index contributed by atoms with van der Waals surface area (Å²) in [6.07, 6.45) is 1.64. The van der Waals surface area contributed by atoms with Crippen molar-refractivity contribution < 1.29 is 14.3 Å². The number of hydrogen-bond donors (Lipinski definition) is 1. The van der Waals surface area contributed by atoms with Gasteiger partial charge in [0.25, 0.3) is 5.56 Å². The van der Waals surface area contributed by atoms with Crippen LogP contribution in [0.5, 0.6) is 0 Å². The average molecular weight is 387 g/mol. The number of benzene rings is 1. The van der Waals surface area contributed by atoms with Gasteiger partial charge in [-0.25, -0.2) is 9.78 Å². The largest absolute Gasteiger partial charge is 0.456 e. The number of anilines is 1. The number of thiazole rings is 1. The van der Waals surface area contributed by atoms with Crippen LogP contribution in [0.4, 0.5) is 5.69 Å². The smallest absolute Gasteiger partial charge is 0.338 e. The van der Waals surface area contributed by atoms with Gasteiger partial charge in [-0.2, -0.15) is 0 Å². The van der Waals surface area contributed by atoms with Gasteiger partial charge in [-0.15, -0.1) is 23.1 Å². The number of amides is 1. The van der Waals surface area contributed by atoms with Crippen LogP contribution in [0.2, 0.25) is 0 Å². The Morgan fingerprint density at radius 1 is 1.35 bits per heavy atom. The molecule has 0 fully saturated rings. The van der Waals surface area contributed by atoms with Crippen molar-refractivity contribution in [3.05, 3.63) is 57.5 Å². The molecular formula is C17H13N3O4S2. The van der Waals surface area contributed by atoms with Crippen molar-refractivity contribution in [1.82, 2.24) is 9.38 Å². The second-order valence-corrected chi connectivity index (χ2v) is 7.93. The van der Waals surface area contributed by atoms with E-state index in [0.717, 1.165) is 4.90 Å². The second kappa shape index (κ2) is 6.58. The molecule has 2 aromatic heterocycles. The molecular weight excluding hydrogens is 374 g/mol. The summed E-state index contributed by atoms with van der Waals surface area (Å²) in [7, 11) is 0. The maximum absolute atomic E-state index is 12.3. The minimum atomic E-state index is -0.543. The van der Waals surface area contributed by atoms with Crippen LogP contribution in [-0.4, -0.2) is 26.5 Å². The van der Waals surface area contributed by atoms with Crippen LogP contribution >= 0.6 is 23.1 Å². The van der Waals surface area contributed by atoms with Crippen molar-refractivity contribution in [1.29, 1.82) is 0 Å². The van der Waals surface area contributed by atoms with Gasteiger partial charge in [0.2, 0.25) is 5.91 Å². The summed E-state index contributed by atoms with van der Waals surface area (Å²) in [6, 6.07) is 6.38. The Hall–Kier alpha value is -2.65. The number of fused-ring (bicyclic) bond motifs is 2. The molecule has 26 heavy (non-hydrogen) atoms. The minimum absolute atomic E-state index is 0.0954. The molecule has 1 N–H and O–H groups in total. The molecule has 9 heteroatoms. The number of carbonyl (C=O) groups excluding carboxylic acids is 2. The van der Waals surface area contributed by atoms with Gasteiger partial charge in [0.05, 0.1) is 22.2 Å². The van der Waals surface area contributed by atoms with Crippen molar-refractivity contribution >= 4 is 45.6 Å². The number of rotatable bonds is 3. The van der Waals surface area contributed by atoms with E-state index in [1.54, 1.807) is 29.8 Å². The highest BCUT2D eigenvalue weighted by molar-refractivity contribution is 8.00. The summed E-state index contributed by atoms with van der Waals surface area (Å²) in [5, 5.41) is 4.38. The van der Waals surface area contributed by atoms with Crippen LogP contribution in [0.3, 0.4) is 0 Å². The van der Waals surface area contributed by atoms with Crippen LogP contribution < -0.4 is 10.9 Å². The van der Waals surface area contributed by atoms with E-state index in [4.69, 9.17) is 4.74 Å². The van der Waals surface area contributed by atoms with Crippen LogP contribution in [0.1, 0.15) is 23.0 Å². The van der Waals surface area contributed by atoms with Gasteiger partial charge in [-0.3, -0.25) is 14.0 Å². The zero-order chi connectivity index (χ0) is 18.3. The van der Waals surface area contributed by atoms with E-state index < -0.39 is 5.97 Å². The number of esters is 1. The lowest BCUT2D eigenvalue weighted by molar-refractivity contribution is -0.115. The summed E-state index contributed by atoms with van der Waals surface area (Å²) < 4.78 is 6.70. The molecule has 0 spiro atoms.